The smallest absolute Gasteiger partial charge is 0.263 e. The molecular weight excluding hydrogens is 350 g/mol. The summed E-state index contributed by atoms with van der Waals surface area (Å²) in [6.45, 7) is 5.71. The van der Waals surface area contributed by atoms with E-state index in [9.17, 15) is 4.79 Å². The molecule has 28 heavy (non-hydrogen) atoms. The van der Waals surface area contributed by atoms with Crippen molar-refractivity contribution in [3.63, 3.8) is 0 Å². The first kappa shape index (κ1) is 17.9. The molecule has 1 heterocycles. The van der Waals surface area contributed by atoms with Gasteiger partial charge in [0.15, 0.2) is 11.5 Å². The predicted octanol–water partition coefficient (Wildman–Crippen LogP) is 5.63. The first-order valence-electron chi connectivity index (χ1n) is 9.54. The van der Waals surface area contributed by atoms with Crippen LogP contribution in [0.15, 0.2) is 66.7 Å². The molecule has 0 atom stereocenters. The molecule has 2 N–H and O–H groups in total. The summed E-state index contributed by atoms with van der Waals surface area (Å²) in [5.41, 5.74) is 4.02. The highest BCUT2D eigenvalue weighted by molar-refractivity contribution is 6.13. The van der Waals surface area contributed by atoms with E-state index in [1.165, 1.54) is 0 Å². The number of nitrogens with zero attached hydrogens (tertiary/aromatic N) is 1. The van der Waals surface area contributed by atoms with E-state index in [4.69, 9.17) is 4.74 Å². The minimum atomic E-state index is -0.0844. The van der Waals surface area contributed by atoms with Crippen molar-refractivity contribution >= 4 is 28.7 Å². The molecule has 142 valence electrons. The highest BCUT2D eigenvalue weighted by Gasteiger charge is 2.30. The van der Waals surface area contributed by atoms with E-state index in [0.29, 0.717) is 17.1 Å². The lowest BCUT2D eigenvalue weighted by Crippen LogP contribution is -2.28. The fourth-order valence-electron chi connectivity index (χ4n) is 3.37. The number of hydrogen-bond donors (Lipinski definition) is 2. The molecule has 1 aliphatic rings. The van der Waals surface area contributed by atoms with Gasteiger partial charge in [0.2, 0.25) is 0 Å². The van der Waals surface area contributed by atoms with Crippen LogP contribution in [0.25, 0.3) is 0 Å². The van der Waals surface area contributed by atoms with Crippen LogP contribution in [-0.2, 0) is 0 Å². The molecule has 3 aromatic carbocycles. The second-order valence-electron chi connectivity index (χ2n) is 6.53. The van der Waals surface area contributed by atoms with Gasteiger partial charge in [0, 0.05) is 42.2 Å². The van der Waals surface area contributed by atoms with Gasteiger partial charge in [0.05, 0.1) is 11.4 Å². The van der Waals surface area contributed by atoms with Crippen molar-refractivity contribution in [3.8, 4) is 11.5 Å². The second kappa shape index (κ2) is 7.64. The van der Waals surface area contributed by atoms with Crippen molar-refractivity contribution in [2.75, 3.05) is 28.6 Å². The van der Waals surface area contributed by atoms with Gasteiger partial charge < -0.3 is 15.4 Å². The van der Waals surface area contributed by atoms with Crippen molar-refractivity contribution in [2.45, 2.75) is 13.8 Å². The van der Waals surface area contributed by atoms with Crippen molar-refractivity contribution in [2.24, 2.45) is 0 Å². The Morgan fingerprint density at radius 3 is 1.86 bits per heavy atom. The Labute approximate surface area is 164 Å². The number of hydrogen-bond acceptors (Lipinski definition) is 4. The maximum atomic E-state index is 13.4. The highest BCUT2D eigenvalue weighted by atomic mass is 16.5. The van der Waals surface area contributed by atoms with Gasteiger partial charge >= 0.3 is 0 Å². The molecule has 0 spiro atoms. The van der Waals surface area contributed by atoms with Crippen molar-refractivity contribution in [1.29, 1.82) is 0 Å². The largest absolute Gasteiger partial charge is 0.453 e. The van der Waals surface area contributed by atoms with E-state index in [1.807, 2.05) is 80.6 Å². The van der Waals surface area contributed by atoms with E-state index in [0.717, 1.165) is 35.8 Å². The van der Waals surface area contributed by atoms with Crippen LogP contribution in [-0.4, -0.2) is 19.0 Å². The Bertz CT molecular complexity index is 946. The van der Waals surface area contributed by atoms with Gasteiger partial charge in [-0.3, -0.25) is 9.69 Å². The number of fused-ring (bicyclic) bond motifs is 2. The molecule has 0 saturated carbocycles. The Hall–Kier alpha value is -3.47. The molecule has 5 heteroatoms. The summed E-state index contributed by atoms with van der Waals surface area (Å²) in [5.74, 6) is 1.23. The van der Waals surface area contributed by atoms with Gasteiger partial charge in [0.1, 0.15) is 0 Å². The summed E-state index contributed by atoms with van der Waals surface area (Å²) < 4.78 is 6.19. The Morgan fingerprint density at radius 1 is 0.821 bits per heavy atom. The number of anilines is 4. The number of nitrogens with one attached hydrogen (secondary N) is 2. The number of amides is 1. The zero-order valence-electron chi connectivity index (χ0n) is 16.0. The second-order valence-corrected chi connectivity index (χ2v) is 6.53. The molecule has 0 aliphatic carbocycles. The summed E-state index contributed by atoms with van der Waals surface area (Å²) in [6, 6.07) is 21.0. The fourth-order valence-corrected chi connectivity index (χ4v) is 3.37. The van der Waals surface area contributed by atoms with Gasteiger partial charge in [-0.05, 0) is 50.2 Å². The summed E-state index contributed by atoms with van der Waals surface area (Å²) in [5, 5.41) is 6.59. The van der Waals surface area contributed by atoms with Crippen LogP contribution in [0, 0.1) is 0 Å². The zero-order valence-corrected chi connectivity index (χ0v) is 16.0. The topological polar surface area (TPSA) is 53.6 Å². The number of benzene rings is 3. The van der Waals surface area contributed by atoms with Crippen LogP contribution in [0.4, 0.5) is 22.7 Å². The summed E-state index contributed by atoms with van der Waals surface area (Å²) in [6.07, 6.45) is 0. The average Bonchev–Trinajstić information content (AvgIpc) is 2.72. The van der Waals surface area contributed by atoms with Gasteiger partial charge in [-0.25, -0.2) is 0 Å². The van der Waals surface area contributed by atoms with Gasteiger partial charge in [0.25, 0.3) is 5.91 Å². The van der Waals surface area contributed by atoms with Crippen LogP contribution in [0.3, 0.4) is 0 Å². The van der Waals surface area contributed by atoms with Crippen molar-refractivity contribution in [3.05, 3.63) is 72.3 Å². The monoisotopic (exact) mass is 373 g/mol. The van der Waals surface area contributed by atoms with Gasteiger partial charge in [-0.2, -0.15) is 0 Å². The standard InChI is InChI=1S/C23H23N3O2/c1-3-24-17-10-12-19-21(14-17)28-22-15-18(25-4-2)11-13-20(22)26(19)23(27)16-8-6-5-7-9-16/h5-15,24-25H,3-4H2,1-2H3. The van der Waals surface area contributed by atoms with E-state index in [-0.39, 0.29) is 5.91 Å². The first-order valence-corrected chi connectivity index (χ1v) is 9.54. The van der Waals surface area contributed by atoms with Crippen molar-refractivity contribution in [1.82, 2.24) is 0 Å². The van der Waals surface area contributed by atoms with Crippen LogP contribution < -0.4 is 20.3 Å². The lowest BCUT2D eigenvalue weighted by molar-refractivity contribution is 0.0997. The molecule has 0 fully saturated rings. The summed E-state index contributed by atoms with van der Waals surface area (Å²) in [7, 11) is 0. The molecule has 0 unspecified atom stereocenters. The minimum absolute atomic E-state index is 0.0844. The predicted molar refractivity (Wildman–Crippen MR) is 114 cm³/mol. The van der Waals surface area contributed by atoms with E-state index >= 15 is 0 Å². The molecule has 4 rings (SSSR count). The fraction of sp³-hybridized carbons (Fsp3) is 0.174. The van der Waals surface area contributed by atoms with E-state index in [2.05, 4.69) is 10.6 Å². The quantitative estimate of drug-likeness (QED) is 0.608. The van der Waals surface area contributed by atoms with Gasteiger partial charge in [-0.15, -0.1) is 0 Å². The molecule has 5 nitrogen and oxygen atoms in total. The number of rotatable bonds is 5. The third-order valence-electron chi connectivity index (χ3n) is 4.61. The third kappa shape index (κ3) is 3.27. The van der Waals surface area contributed by atoms with E-state index in [1.54, 1.807) is 4.90 Å². The number of ether oxygens (including phenoxy) is 1. The molecule has 0 saturated heterocycles. The molecule has 0 radical (unpaired) electrons. The Kier molecular flexibility index (Phi) is 4.89. The lowest BCUT2D eigenvalue weighted by atomic mass is 10.1. The van der Waals surface area contributed by atoms with Gasteiger partial charge in [-0.1, -0.05) is 18.2 Å². The zero-order chi connectivity index (χ0) is 19.5. The van der Waals surface area contributed by atoms with Crippen LogP contribution in [0.5, 0.6) is 11.5 Å². The van der Waals surface area contributed by atoms with Crippen LogP contribution >= 0.6 is 0 Å². The molecule has 1 amide bonds. The molecule has 3 aromatic rings. The SMILES string of the molecule is CCNc1ccc2c(c1)Oc1cc(NCC)ccc1N2C(=O)c1ccccc1. The molecule has 1 aliphatic heterocycles. The average molecular weight is 373 g/mol. The lowest BCUT2D eigenvalue weighted by Gasteiger charge is -2.32. The molecular formula is C23H23N3O2. The Balaban J connectivity index is 1.83. The van der Waals surface area contributed by atoms with Crippen LogP contribution in [0.1, 0.15) is 24.2 Å². The summed E-state index contributed by atoms with van der Waals surface area (Å²) >= 11 is 0. The molecule has 0 aromatic heterocycles. The highest BCUT2D eigenvalue weighted by Crippen LogP contribution is 2.48. The minimum Gasteiger partial charge on any atom is -0.453 e. The molecule has 0 bridgehead atoms. The van der Waals surface area contributed by atoms with Crippen molar-refractivity contribution < 1.29 is 9.53 Å². The number of carbonyl (C=O) groups is 1. The van der Waals surface area contributed by atoms with Crippen LogP contribution in [0.2, 0.25) is 0 Å². The maximum Gasteiger partial charge on any atom is 0.263 e. The number of carbonyl (C=O) groups excluding carboxylic acids is 1. The maximum absolute atomic E-state index is 13.4. The Morgan fingerprint density at radius 2 is 1.36 bits per heavy atom. The van der Waals surface area contributed by atoms with E-state index < -0.39 is 0 Å². The third-order valence-corrected chi connectivity index (χ3v) is 4.61. The normalized spacial score (nSPS) is 11.9. The summed E-state index contributed by atoms with van der Waals surface area (Å²) in [4.78, 5) is 15.1. The first-order chi connectivity index (χ1) is 13.7.